The molecule has 1 amide bonds. The van der Waals surface area contributed by atoms with E-state index in [0.29, 0.717) is 31.0 Å². The lowest BCUT2D eigenvalue weighted by atomic mass is 9.90. The van der Waals surface area contributed by atoms with Crippen LogP contribution in [-0.2, 0) is 4.79 Å². The van der Waals surface area contributed by atoms with Crippen molar-refractivity contribution in [2.24, 2.45) is 5.41 Å². The predicted octanol–water partition coefficient (Wildman–Crippen LogP) is 1.42. The number of carbonyl (C=O) groups excluding carboxylic acids is 1. The van der Waals surface area contributed by atoms with Gasteiger partial charge in [0.1, 0.15) is 0 Å². The molecule has 2 heterocycles. The molecule has 0 bridgehead atoms. The van der Waals surface area contributed by atoms with Crippen molar-refractivity contribution in [3.8, 4) is 5.88 Å². The fraction of sp³-hybridized carbons (Fsp3) is 0.500. The van der Waals surface area contributed by atoms with E-state index in [1.165, 1.54) is 6.20 Å². The smallest absolute Gasteiger partial charge is 0.311 e. The molecule has 20 heavy (non-hydrogen) atoms. The van der Waals surface area contributed by atoms with E-state index in [9.17, 15) is 14.7 Å². The van der Waals surface area contributed by atoms with Gasteiger partial charge in [0, 0.05) is 25.4 Å². The van der Waals surface area contributed by atoms with Gasteiger partial charge >= 0.3 is 5.97 Å². The molecular weight excluding hydrogens is 260 g/mol. The van der Waals surface area contributed by atoms with E-state index in [4.69, 9.17) is 4.74 Å². The second-order valence-corrected chi connectivity index (χ2v) is 5.16. The molecule has 0 spiro atoms. The van der Waals surface area contributed by atoms with E-state index < -0.39 is 11.4 Å². The minimum atomic E-state index is -0.863. The second kappa shape index (κ2) is 5.48. The maximum absolute atomic E-state index is 12.3. The first kappa shape index (κ1) is 14.3. The van der Waals surface area contributed by atoms with E-state index in [1.807, 2.05) is 6.92 Å². The first-order chi connectivity index (χ1) is 9.46. The molecule has 0 radical (unpaired) electrons. The number of nitrogens with zero attached hydrogens (tertiary/aromatic N) is 2. The summed E-state index contributed by atoms with van der Waals surface area (Å²) in [5.74, 6) is -0.580. The highest BCUT2D eigenvalue weighted by molar-refractivity contribution is 5.94. The fourth-order valence-corrected chi connectivity index (χ4v) is 2.23. The Balaban J connectivity index is 2.07. The average Bonchev–Trinajstić information content (AvgIpc) is 2.83. The van der Waals surface area contributed by atoms with Gasteiger partial charge in [-0.1, -0.05) is 0 Å². The van der Waals surface area contributed by atoms with Gasteiger partial charge in [0.25, 0.3) is 5.91 Å². The number of hydrogen-bond donors (Lipinski definition) is 1. The number of carbonyl (C=O) groups is 2. The fourth-order valence-electron chi connectivity index (χ4n) is 2.23. The lowest BCUT2D eigenvalue weighted by molar-refractivity contribution is -0.147. The van der Waals surface area contributed by atoms with Gasteiger partial charge in [-0.25, -0.2) is 4.98 Å². The summed E-state index contributed by atoms with van der Waals surface area (Å²) in [6.45, 7) is 4.73. The molecule has 1 saturated heterocycles. The van der Waals surface area contributed by atoms with E-state index in [2.05, 4.69) is 4.98 Å². The molecule has 0 saturated carbocycles. The van der Waals surface area contributed by atoms with Crippen molar-refractivity contribution in [2.45, 2.75) is 20.3 Å². The zero-order chi connectivity index (χ0) is 14.8. The summed E-state index contributed by atoms with van der Waals surface area (Å²) in [5, 5.41) is 9.17. The molecule has 1 aliphatic rings. The molecule has 1 atom stereocenters. The van der Waals surface area contributed by atoms with Crippen LogP contribution in [0.5, 0.6) is 5.88 Å². The van der Waals surface area contributed by atoms with Crippen LogP contribution in [0, 0.1) is 5.41 Å². The monoisotopic (exact) mass is 278 g/mol. The standard InChI is InChI=1S/C14H18N2O4/c1-3-20-11-5-4-10(8-15-11)12(17)16-7-6-14(2,9-16)13(18)19/h4-5,8H,3,6-7,9H2,1-2H3,(H,18,19)/t14-/m1/s1. The van der Waals surface area contributed by atoms with Crippen LogP contribution < -0.4 is 4.74 Å². The van der Waals surface area contributed by atoms with Crippen LogP contribution >= 0.6 is 0 Å². The summed E-state index contributed by atoms with van der Waals surface area (Å²) in [6, 6.07) is 3.29. The number of amides is 1. The third kappa shape index (κ3) is 2.74. The Kier molecular flexibility index (Phi) is 3.92. The quantitative estimate of drug-likeness (QED) is 0.901. The van der Waals surface area contributed by atoms with Crippen molar-refractivity contribution in [2.75, 3.05) is 19.7 Å². The Morgan fingerprint density at radius 1 is 1.50 bits per heavy atom. The lowest BCUT2D eigenvalue weighted by Gasteiger charge is -2.20. The predicted molar refractivity (Wildman–Crippen MR) is 71.7 cm³/mol. The number of rotatable bonds is 4. The van der Waals surface area contributed by atoms with Gasteiger partial charge < -0.3 is 14.7 Å². The lowest BCUT2D eigenvalue weighted by Crippen LogP contribution is -2.34. The largest absolute Gasteiger partial charge is 0.481 e. The first-order valence-electron chi connectivity index (χ1n) is 6.58. The Hall–Kier alpha value is -2.11. The molecule has 1 aliphatic heterocycles. The van der Waals surface area contributed by atoms with Gasteiger partial charge in [-0.05, 0) is 26.3 Å². The Morgan fingerprint density at radius 2 is 2.25 bits per heavy atom. The van der Waals surface area contributed by atoms with Crippen LogP contribution in [0.3, 0.4) is 0 Å². The van der Waals surface area contributed by atoms with Crippen LogP contribution in [0.25, 0.3) is 0 Å². The van der Waals surface area contributed by atoms with Crippen molar-refractivity contribution in [3.63, 3.8) is 0 Å². The molecule has 0 aliphatic carbocycles. The van der Waals surface area contributed by atoms with Crippen molar-refractivity contribution in [1.82, 2.24) is 9.88 Å². The Morgan fingerprint density at radius 3 is 2.75 bits per heavy atom. The molecular formula is C14H18N2O4. The third-order valence-corrected chi connectivity index (χ3v) is 3.55. The van der Waals surface area contributed by atoms with Crippen LogP contribution in [0.1, 0.15) is 30.6 Å². The van der Waals surface area contributed by atoms with Gasteiger partial charge in [0.15, 0.2) is 0 Å². The van der Waals surface area contributed by atoms with Crippen molar-refractivity contribution >= 4 is 11.9 Å². The number of ether oxygens (including phenoxy) is 1. The second-order valence-electron chi connectivity index (χ2n) is 5.16. The summed E-state index contributed by atoms with van der Waals surface area (Å²) in [6.07, 6.45) is 1.93. The zero-order valence-corrected chi connectivity index (χ0v) is 11.6. The Bertz CT molecular complexity index is 514. The van der Waals surface area contributed by atoms with Crippen molar-refractivity contribution < 1.29 is 19.4 Å². The number of carboxylic acids is 1. The van der Waals surface area contributed by atoms with Gasteiger partial charge in [-0.15, -0.1) is 0 Å². The first-order valence-corrected chi connectivity index (χ1v) is 6.58. The summed E-state index contributed by atoms with van der Waals surface area (Å²) in [4.78, 5) is 29.1. The molecule has 6 nitrogen and oxygen atoms in total. The highest BCUT2D eigenvalue weighted by Crippen LogP contribution is 2.31. The summed E-state index contributed by atoms with van der Waals surface area (Å²) >= 11 is 0. The maximum Gasteiger partial charge on any atom is 0.311 e. The minimum absolute atomic E-state index is 0.189. The molecule has 1 aromatic rings. The zero-order valence-electron chi connectivity index (χ0n) is 11.6. The normalized spacial score (nSPS) is 21.8. The van der Waals surface area contributed by atoms with Gasteiger partial charge in [0.05, 0.1) is 17.6 Å². The summed E-state index contributed by atoms with van der Waals surface area (Å²) < 4.78 is 5.22. The van der Waals surface area contributed by atoms with Gasteiger partial charge in [-0.2, -0.15) is 0 Å². The minimum Gasteiger partial charge on any atom is -0.481 e. The highest BCUT2D eigenvalue weighted by Gasteiger charge is 2.42. The number of likely N-dealkylation sites (tertiary alicyclic amines) is 1. The maximum atomic E-state index is 12.3. The number of aliphatic carboxylic acids is 1. The van der Waals surface area contributed by atoms with Crippen LogP contribution in [0.4, 0.5) is 0 Å². The van der Waals surface area contributed by atoms with Crippen LogP contribution in [0.2, 0.25) is 0 Å². The van der Waals surface area contributed by atoms with Gasteiger partial charge in [-0.3, -0.25) is 9.59 Å². The topological polar surface area (TPSA) is 79.7 Å². The van der Waals surface area contributed by atoms with E-state index in [-0.39, 0.29) is 12.5 Å². The van der Waals surface area contributed by atoms with Crippen molar-refractivity contribution in [1.29, 1.82) is 0 Å². The summed E-state index contributed by atoms with van der Waals surface area (Å²) in [5.41, 5.74) is -0.406. The number of pyridine rings is 1. The SMILES string of the molecule is CCOc1ccc(C(=O)N2CC[C@@](C)(C(=O)O)C2)cn1. The van der Waals surface area contributed by atoms with E-state index in [1.54, 1.807) is 24.0 Å². The molecule has 1 N–H and O–H groups in total. The number of aromatic nitrogens is 1. The van der Waals surface area contributed by atoms with Crippen LogP contribution in [0.15, 0.2) is 18.3 Å². The summed E-state index contributed by atoms with van der Waals surface area (Å²) in [7, 11) is 0. The molecule has 1 fully saturated rings. The molecule has 6 heteroatoms. The molecule has 0 unspecified atom stereocenters. The van der Waals surface area contributed by atoms with E-state index >= 15 is 0 Å². The Labute approximate surface area is 117 Å². The van der Waals surface area contributed by atoms with Crippen molar-refractivity contribution in [3.05, 3.63) is 23.9 Å². The van der Waals surface area contributed by atoms with E-state index in [0.717, 1.165) is 0 Å². The average molecular weight is 278 g/mol. The highest BCUT2D eigenvalue weighted by atomic mass is 16.5. The molecule has 108 valence electrons. The third-order valence-electron chi connectivity index (χ3n) is 3.55. The number of carboxylic acid groups (broad SMARTS) is 1. The molecule has 0 aromatic carbocycles. The number of hydrogen-bond acceptors (Lipinski definition) is 4. The molecule has 1 aromatic heterocycles. The van der Waals surface area contributed by atoms with Crippen LogP contribution in [-0.4, -0.2) is 46.6 Å². The van der Waals surface area contributed by atoms with Gasteiger partial charge in [0.2, 0.25) is 5.88 Å². The molecule has 2 rings (SSSR count).